The fourth-order valence-corrected chi connectivity index (χ4v) is 4.13. The van der Waals surface area contributed by atoms with Gasteiger partial charge in [0.1, 0.15) is 5.82 Å². The maximum Gasteiger partial charge on any atom is 0.349 e. The van der Waals surface area contributed by atoms with E-state index in [4.69, 9.17) is 22.3 Å². The third-order valence-corrected chi connectivity index (χ3v) is 6.46. The summed E-state index contributed by atoms with van der Waals surface area (Å²) in [5.41, 5.74) is 7.73. The number of nitrogens with zero attached hydrogens (tertiary/aromatic N) is 3. The highest BCUT2D eigenvalue weighted by atomic mass is 35.5. The molecule has 1 atom stereocenters. The van der Waals surface area contributed by atoms with Crippen molar-refractivity contribution in [3.05, 3.63) is 76.4 Å². The zero-order valence-electron chi connectivity index (χ0n) is 18.8. The molecule has 3 aromatic rings. The van der Waals surface area contributed by atoms with E-state index in [0.717, 1.165) is 24.1 Å². The lowest BCUT2D eigenvalue weighted by Gasteiger charge is -2.22. The quantitative estimate of drug-likeness (QED) is 0.521. The Hall–Kier alpha value is -3.10. The number of carbonyl (C=O) groups excluding carboxylic acids is 1. The van der Waals surface area contributed by atoms with Crippen LogP contribution in [0.15, 0.2) is 54.7 Å². The Morgan fingerprint density at radius 3 is 2.71 bits per heavy atom. The number of aromatic nitrogens is 2. The van der Waals surface area contributed by atoms with Crippen LogP contribution in [0.5, 0.6) is 0 Å². The summed E-state index contributed by atoms with van der Waals surface area (Å²) in [7, 11) is 0. The van der Waals surface area contributed by atoms with Gasteiger partial charge in [-0.25, -0.2) is 9.97 Å². The molecule has 1 saturated heterocycles. The van der Waals surface area contributed by atoms with Crippen molar-refractivity contribution in [3.63, 3.8) is 0 Å². The first-order chi connectivity index (χ1) is 16.3. The highest BCUT2D eigenvalue weighted by Crippen LogP contribution is 2.30. The Labute approximate surface area is 202 Å². The van der Waals surface area contributed by atoms with Crippen molar-refractivity contribution in [2.24, 2.45) is 11.7 Å². The number of hydrogen-bond acceptors (Lipinski definition) is 5. The lowest BCUT2D eigenvalue weighted by Crippen LogP contribution is -2.38. The van der Waals surface area contributed by atoms with E-state index >= 15 is 0 Å². The minimum atomic E-state index is -3.65. The highest BCUT2D eigenvalue weighted by molar-refractivity contribution is 6.31. The number of amides is 1. The van der Waals surface area contributed by atoms with E-state index < -0.39 is 11.8 Å². The fourth-order valence-electron chi connectivity index (χ4n) is 3.95. The zero-order valence-corrected chi connectivity index (χ0v) is 19.5. The maximum atomic E-state index is 14.6. The van der Waals surface area contributed by atoms with E-state index in [1.807, 2.05) is 19.1 Å². The third-order valence-electron chi connectivity index (χ3n) is 6.05. The molecule has 1 aliphatic rings. The smallest absolute Gasteiger partial charge is 0.349 e. The summed E-state index contributed by atoms with van der Waals surface area (Å²) in [6.07, 6.45) is 2.48. The minimum absolute atomic E-state index is 0.130. The average molecular weight is 486 g/mol. The summed E-state index contributed by atoms with van der Waals surface area (Å²) in [6.45, 7) is 3.76. The third kappa shape index (κ3) is 5.03. The minimum Gasteiger partial charge on any atom is -0.356 e. The Morgan fingerprint density at radius 2 is 2.03 bits per heavy atom. The van der Waals surface area contributed by atoms with Crippen LogP contribution < -0.4 is 16.0 Å². The van der Waals surface area contributed by atoms with Gasteiger partial charge in [0.05, 0.1) is 0 Å². The Bertz CT molecular complexity index is 1180. The molecule has 0 radical (unpaired) electrons. The number of aryl methyl sites for hydroxylation is 1. The summed E-state index contributed by atoms with van der Waals surface area (Å²) in [5.74, 6) is -3.64. The molecule has 178 valence electrons. The van der Waals surface area contributed by atoms with E-state index in [2.05, 4.69) is 15.2 Å². The van der Waals surface area contributed by atoms with Crippen molar-refractivity contribution >= 4 is 23.3 Å². The predicted octanol–water partition coefficient (Wildman–Crippen LogP) is 4.30. The van der Waals surface area contributed by atoms with Gasteiger partial charge in [0.2, 0.25) is 0 Å². The van der Waals surface area contributed by atoms with E-state index in [1.165, 1.54) is 24.3 Å². The van der Waals surface area contributed by atoms with Crippen molar-refractivity contribution < 1.29 is 13.6 Å². The summed E-state index contributed by atoms with van der Waals surface area (Å²) in [5, 5.41) is 2.96. The van der Waals surface area contributed by atoms with Gasteiger partial charge >= 0.3 is 5.92 Å². The van der Waals surface area contributed by atoms with Gasteiger partial charge in [0.25, 0.3) is 5.91 Å². The van der Waals surface area contributed by atoms with Gasteiger partial charge in [0, 0.05) is 47.5 Å². The molecule has 2 heterocycles. The van der Waals surface area contributed by atoms with Crippen molar-refractivity contribution in [1.29, 1.82) is 0 Å². The number of nitrogens with two attached hydrogens (primary N) is 1. The van der Waals surface area contributed by atoms with Gasteiger partial charge in [-0.15, -0.1) is 0 Å². The first kappa shape index (κ1) is 24.0. The molecule has 1 aromatic heterocycles. The Morgan fingerprint density at radius 1 is 1.26 bits per heavy atom. The fraction of sp³-hybridized carbons (Fsp3) is 0.320. The number of halogens is 3. The summed E-state index contributed by atoms with van der Waals surface area (Å²) in [4.78, 5) is 23.6. The second-order valence-electron chi connectivity index (χ2n) is 8.47. The van der Waals surface area contributed by atoms with Crippen molar-refractivity contribution in [3.8, 4) is 11.4 Å². The molecule has 34 heavy (non-hydrogen) atoms. The first-order valence-electron chi connectivity index (χ1n) is 11.1. The molecule has 1 fully saturated rings. The molecular weight excluding hydrogens is 460 g/mol. The molecule has 9 heteroatoms. The molecule has 6 nitrogen and oxygen atoms in total. The van der Waals surface area contributed by atoms with Crippen LogP contribution in [0.3, 0.4) is 0 Å². The van der Waals surface area contributed by atoms with E-state index in [1.54, 1.807) is 18.3 Å². The standard InChI is InChI=1S/C25H26ClF2N5O/c1-16-7-8-18(11-21(16)26)22-30-13-19(23(32-22)33-10-9-17(12-29)15-33)14-31-24(34)25(27,28)20-5-3-2-4-6-20/h2-8,11,13,17H,9-10,12,14-15,29H2,1H3,(H,31,34). The average Bonchev–Trinajstić information content (AvgIpc) is 3.34. The van der Waals surface area contributed by atoms with Gasteiger partial charge in [0.15, 0.2) is 5.82 Å². The van der Waals surface area contributed by atoms with E-state index in [-0.39, 0.29) is 12.1 Å². The number of alkyl halides is 2. The SMILES string of the molecule is Cc1ccc(-c2ncc(CNC(=O)C(F)(F)c3ccccc3)c(N3CCC(CN)C3)n2)cc1Cl. The van der Waals surface area contributed by atoms with Crippen molar-refractivity contribution in [1.82, 2.24) is 15.3 Å². The van der Waals surface area contributed by atoms with Gasteiger partial charge in [-0.05, 0) is 37.4 Å². The number of rotatable bonds is 7. The van der Waals surface area contributed by atoms with Crippen molar-refractivity contribution in [2.75, 3.05) is 24.5 Å². The molecule has 0 spiro atoms. The zero-order chi connectivity index (χ0) is 24.3. The van der Waals surface area contributed by atoms with E-state index in [9.17, 15) is 13.6 Å². The molecule has 2 aromatic carbocycles. The second kappa shape index (κ2) is 10.0. The maximum absolute atomic E-state index is 14.6. The number of anilines is 1. The molecule has 1 unspecified atom stereocenters. The normalized spacial score (nSPS) is 16.0. The van der Waals surface area contributed by atoms with Crippen LogP contribution in [0.2, 0.25) is 5.02 Å². The lowest BCUT2D eigenvalue weighted by molar-refractivity contribution is -0.147. The van der Waals surface area contributed by atoms with Gasteiger partial charge in [-0.3, -0.25) is 4.79 Å². The molecular formula is C25H26ClF2N5O. The van der Waals surface area contributed by atoms with Crippen LogP contribution in [0, 0.1) is 12.8 Å². The largest absolute Gasteiger partial charge is 0.356 e. The number of hydrogen-bond donors (Lipinski definition) is 2. The van der Waals surface area contributed by atoms with Gasteiger partial charge in [-0.2, -0.15) is 8.78 Å². The van der Waals surface area contributed by atoms with Crippen LogP contribution in [-0.2, 0) is 17.3 Å². The molecule has 0 saturated carbocycles. The van der Waals surface area contributed by atoms with Crippen LogP contribution in [-0.4, -0.2) is 35.5 Å². The molecule has 1 aliphatic heterocycles. The van der Waals surface area contributed by atoms with Crippen molar-refractivity contribution in [2.45, 2.75) is 25.8 Å². The van der Waals surface area contributed by atoms with Gasteiger partial charge in [-0.1, -0.05) is 54.1 Å². The predicted molar refractivity (Wildman–Crippen MR) is 129 cm³/mol. The number of carbonyl (C=O) groups is 1. The highest BCUT2D eigenvalue weighted by Gasteiger charge is 2.40. The first-order valence-corrected chi connectivity index (χ1v) is 11.5. The van der Waals surface area contributed by atoms with E-state index in [0.29, 0.717) is 41.2 Å². The van der Waals surface area contributed by atoms with Gasteiger partial charge < -0.3 is 16.0 Å². The Kier molecular flexibility index (Phi) is 7.09. The summed E-state index contributed by atoms with van der Waals surface area (Å²) >= 11 is 6.28. The monoisotopic (exact) mass is 485 g/mol. The Balaban J connectivity index is 1.61. The summed E-state index contributed by atoms with van der Waals surface area (Å²) in [6, 6.07) is 12.6. The topological polar surface area (TPSA) is 84.1 Å². The molecule has 0 aliphatic carbocycles. The number of benzene rings is 2. The molecule has 4 rings (SSSR count). The van der Waals surface area contributed by atoms with Crippen LogP contribution in [0.25, 0.3) is 11.4 Å². The molecule has 3 N–H and O–H groups in total. The number of nitrogens with one attached hydrogen (secondary N) is 1. The molecule has 0 bridgehead atoms. The van der Waals surface area contributed by atoms with Crippen LogP contribution in [0.4, 0.5) is 14.6 Å². The van der Waals surface area contributed by atoms with Crippen LogP contribution in [0.1, 0.15) is 23.1 Å². The molecule has 1 amide bonds. The lowest BCUT2D eigenvalue weighted by atomic mass is 10.1. The van der Waals surface area contributed by atoms with Crippen LogP contribution >= 0.6 is 11.6 Å². The summed E-state index contributed by atoms with van der Waals surface area (Å²) < 4.78 is 29.3. The second-order valence-corrected chi connectivity index (χ2v) is 8.87.